The zero-order chi connectivity index (χ0) is 42.3. The number of anilines is 3. The van der Waals surface area contributed by atoms with Crippen LogP contribution in [0.5, 0.6) is 0 Å². The summed E-state index contributed by atoms with van der Waals surface area (Å²) in [6.45, 7) is 6.88. The number of hydroxylamine groups is 1. The van der Waals surface area contributed by atoms with Crippen LogP contribution in [0.3, 0.4) is 0 Å². The third-order valence-electron chi connectivity index (χ3n) is 13.9. The van der Waals surface area contributed by atoms with Crippen LogP contribution in [0.4, 0.5) is 30.8 Å². The number of likely N-dealkylation sites (tertiary alicyclic amines) is 2. The molecule has 326 valence electrons. The SMILES string of the molecule is O=C1CCC(N2Cc3cc(C4(O)CCN(CC5CCC(CN6CCC(c7ccc(Nc8ncc(C(F)(F)F)c(N9CCCO9)n8)nc7)CC6)CC5)CC4)ccc3C2=O)C(=O)N1. The van der Waals surface area contributed by atoms with E-state index < -0.39 is 29.3 Å². The molecule has 0 bridgehead atoms. The lowest BCUT2D eigenvalue weighted by Gasteiger charge is -2.41. The first-order valence-electron chi connectivity index (χ1n) is 21.9. The number of aliphatic hydroxyl groups is 1. The number of carbonyl (C=O) groups excluding carboxylic acids is 3. The molecule has 3 aromatic rings. The molecule has 5 aliphatic heterocycles. The predicted octanol–water partition coefficient (Wildman–Crippen LogP) is 5.51. The number of aromatic nitrogens is 3. The van der Waals surface area contributed by atoms with Crippen molar-refractivity contribution in [2.45, 2.75) is 101 Å². The third-order valence-corrected chi connectivity index (χ3v) is 13.9. The minimum atomic E-state index is -4.60. The summed E-state index contributed by atoms with van der Waals surface area (Å²) in [5.41, 5.74) is 1.47. The number of rotatable bonds is 10. The molecule has 5 fully saturated rings. The van der Waals surface area contributed by atoms with Crippen LogP contribution in [0.25, 0.3) is 0 Å². The Kier molecular flexibility index (Phi) is 11.8. The Bertz CT molecular complexity index is 2090. The van der Waals surface area contributed by atoms with E-state index in [0.29, 0.717) is 74.5 Å². The zero-order valence-corrected chi connectivity index (χ0v) is 34.3. The number of nitrogens with zero attached hydrogens (tertiary/aromatic N) is 7. The minimum Gasteiger partial charge on any atom is -0.385 e. The molecule has 61 heavy (non-hydrogen) atoms. The third kappa shape index (κ3) is 9.11. The summed E-state index contributed by atoms with van der Waals surface area (Å²) in [5, 5.41) is 18.3. The maximum Gasteiger partial charge on any atom is 0.421 e. The molecule has 9 rings (SSSR count). The highest BCUT2D eigenvalue weighted by atomic mass is 19.4. The van der Waals surface area contributed by atoms with Crippen LogP contribution in [-0.4, -0.2) is 111 Å². The number of benzene rings is 1. The van der Waals surface area contributed by atoms with Gasteiger partial charge in [-0.15, -0.1) is 0 Å². The lowest BCUT2D eigenvalue weighted by atomic mass is 9.80. The Morgan fingerprint density at radius 2 is 1.59 bits per heavy atom. The van der Waals surface area contributed by atoms with Crippen molar-refractivity contribution in [1.29, 1.82) is 0 Å². The van der Waals surface area contributed by atoms with Gasteiger partial charge in [-0.05, 0) is 124 Å². The fraction of sp³-hybridized carbons (Fsp3) is 0.591. The van der Waals surface area contributed by atoms with Gasteiger partial charge in [0.2, 0.25) is 17.8 Å². The van der Waals surface area contributed by atoms with Gasteiger partial charge in [-0.1, -0.05) is 18.2 Å². The Morgan fingerprint density at radius 3 is 2.23 bits per heavy atom. The summed E-state index contributed by atoms with van der Waals surface area (Å²) in [6.07, 6.45) is 7.47. The summed E-state index contributed by atoms with van der Waals surface area (Å²) in [7, 11) is 0. The molecule has 1 atom stereocenters. The largest absolute Gasteiger partial charge is 0.421 e. The number of nitrogens with one attached hydrogen (secondary N) is 2. The number of piperidine rings is 3. The Balaban J connectivity index is 0.692. The molecular formula is C44H54F3N9O5. The maximum atomic E-state index is 13.6. The summed E-state index contributed by atoms with van der Waals surface area (Å²) in [4.78, 5) is 61.9. The van der Waals surface area contributed by atoms with Gasteiger partial charge in [0, 0.05) is 63.6 Å². The number of fused-ring (bicyclic) bond motifs is 1. The van der Waals surface area contributed by atoms with Gasteiger partial charge in [-0.3, -0.25) is 24.5 Å². The van der Waals surface area contributed by atoms with Gasteiger partial charge in [-0.25, -0.2) is 15.0 Å². The number of imide groups is 1. The van der Waals surface area contributed by atoms with Gasteiger partial charge in [0.15, 0.2) is 5.82 Å². The number of amides is 3. The van der Waals surface area contributed by atoms with Crippen molar-refractivity contribution in [3.8, 4) is 0 Å². The normalized spacial score (nSPS) is 25.5. The van der Waals surface area contributed by atoms with E-state index in [4.69, 9.17) is 4.84 Å². The minimum absolute atomic E-state index is 0.0258. The first-order chi connectivity index (χ1) is 29.4. The number of pyridine rings is 1. The van der Waals surface area contributed by atoms with Gasteiger partial charge in [0.05, 0.1) is 12.2 Å². The molecule has 17 heteroatoms. The van der Waals surface area contributed by atoms with E-state index in [2.05, 4.69) is 35.4 Å². The van der Waals surface area contributed by atoms with E-state index in [9.17, 15) is 32.7 Å². The number of halogens is 3. The molecule has 0 spiro atoms. The molecule has 6 aliphatic rings. The Labute approximate surface area is 353 Å². The van der Waals surface area contributed by atoms with Crippen LogP contribution in [0, 0.1) is 11.8 Å². The van der Waals surface area contributed by atoms with Gasteiger partial charge < -0.3 is 25.1 Å². The first kappa shape index (κ1) is 41.6. The molecule has 3 amide bonds. The van der Waals surface area contributed by atoms with Crippen molar-refractivity contribution < 1.29 is 37.5 Å². The second-order valence-corrected chi connectivity index (χ2v) is 17.9. The second kappa shape index (κ2) is 17.2. The van der Waals surface area contributed by atoms with Crippen molar-refractivity contribution in [2.75, 3.05) is 62.8 Å². The number of carbonyl (C=O) groups is 3. The lowest BCUT2D eigenvalue weighted by Crippen LogP contribution is -2.52. The summed E-state index contributed by atoms with van der Waals surface area (Å²) in [6, 6.07) is 8.80. The highest BCUT2D eigenvalue weighted by Crippen LogP contribution is 2.40. The molecule has 0 radical (unpaired) electrons. The second-order valence-electron chi connectivity index (χ2n) is 17.9. The lowest BCUT2D eigenvalue weighted by molar-refractivity contribution is -0.138. The van der Waals surface area contributed by atoms with Crippen LogP contribution in [0.2, 0.25) is 0 Å². The highest BCUT2D eigenvalue weighted by Gasteiger charge is 2.42. The van der Waals surface area contributed by atoms with Crippen molar-refractivity contribution in [1.82, 2.24) is 35.0 Å². The van der Waals surface area contributed by atoms with Crippen LogP contribution in [0.15, 0.2) is 42.7 Å². The van der Waals surface area contributed by atoms with Crippen LogP contribution >= 0.6 is 0 Å². The molecule has 4 saturated heterocycles. The van der Waals surface area contributed by atoms with Gasteiger partial charge >= 0.3 is 6.18 Å². The number of alkyl halides is 3. The summed E-state index contributed by atoms with van der Waals surface area (Å²) in [5.74, 6) is 1.02. The Hall–Kier alpha value is -4.71. The molecule has 2 aromatic heterocycles. The van der Waals surface area contributed by atoms with Crippen molar-refractivity contribution in [3.05, 3.63) is 70.5 Å². The average Bonchev–Trinajstić information content (AvgIpc) is 3.91. The van der Waals surface area contributed by atoms with E-state index in [1.165, 1.54) is 30.7 Å². The molecule has 3 N–H and O–H groups in total. The first-order valence-corrected chi connectivity index (χ1v) is 21.9. The van der Waals surface area contributed by atoms with E-state index in [-0.39, 0.29) is 30.0 Å². The number of hydrogen-bond acceptors (Lipinski definition) is 12. The van der Waals surface area contributed by atoms with Crippen LogP contribution < -0.4 is 15.7 Å². The molecule has 1 aromatic carbocycles. The fourth-order valence-corrected chi connectivity index (χ4v) is 10.3. The maximum absolute atomic E-state index is 13.6. The van der Waals surface area contributed by atoms with Gasteiger partial charge in [0.25, 0.3) is 5.91 Å². The van der Waals surface area contributed by atoms with E-state index in [1.807, 2.05) is 30.5 Å². The number of hydrogen-bond donors (Lipinski definition) is 3. The monoisotopic (exact) mass is 845 g/mol. The van der Waals surface area contributed by atoms with Crippen LogP contribution in [0.1, 0.15) is 109 Å². The van der Waals surface area contributed by atoms with Gasteiger partial charge in [-0.2, -0.15) is 18.2 Å². The summed E-state index contributed by atoms with van der Waals surface area (Å²) >= 11 is 0. The van der Waals surface area contributed by atoms with Crippen molar-refractivity contribution in [3.63, 3.8) is 0 Å². The Morgan fingerprint density at radius 1 is 0.869 bits per heavy atom. The van der Waals surface area contributed by atoms with Gasteiger partial charge in [0.1, 0.15) is 17.4 Å². The fourth-order valence-electron chi connectivity index (χ4n) is 10.3. The molecule has 7 heterocycles. The topological polar surface area (TPSA) is 156 Å². The van der Waals surface area contributed by atoms with E-state index >= 15 is 0 Å². The molecule has 1 saturated carbocycles. The molecular weight excluding hydrogens is 792 g/mol. The van der Waals surface area contributed by atoms with Crippen molar-refractivity contribution >= 4 is 35.3 Å². The standard InChI is InChI=1S/C44H54F3N9O5/c45-44(46,47)35-24-49-42(52-39(35)56-16-1-21-61-56)50-37-10-6-31(23-48-37)30-12-17-53(18-13-30)25-28-2-4-29(5-3-28)26-54-19-14-43(60,15-20-54)33-7-8-34-32(22-33)27-55(41(34)59)36-9-11-38(57)51-40(36)58/h6-8,10,22-24,28-30,36,60H,1-5,9,11-21,25-27H2,(H,51,57,58)(H,48,49,50,52). The molecule has 14 nitrogen and oxygen atoms in total. The van der Waals surface area contributed by atoms with E-state index in [0.717, 1.165) is 75.0 Å². The quantitative estimate of drug-likeness (QED) is 0.221. The average molecular weight is 846 g/mol. The highest BCUT2D eigenvalue weighted by molar-refractivity contribution is 6.05. The smallest absolute Gasteiger partial charge is 0.385 e. The van der Waals surface area contributed by atoms with Crippen molar-refractivity contribution in [2.24, 2.45) is 11.8 Å². The van der Waals surface area contributed by atoms with Crippen LogP contribution in [-0.2, 0) is 32.7 Å². The predicted molar refractivity (Wildman–Crippen MR) is 218 cm³/mol. The molecule has 1 aliphatic carbocycles. The molecule has 1 unspecified atom stereocenters. The van der Waals surface area contributed by atoms with E-state index in [1.54, 1.807) is 11.0 Å². The zero-order valence-electron chi connectivity index (χ0n) is 34.3. The summed E-state index contributed by atoms with van der Waals surface area (Å²) < 4.78 is 40.9.